The van der Waals surface area contributed by atoms with Crippen molar-refractivity contribution in [2.45, 2.75) is 94.5 Å². The monoisotopic (exact) mass is 661 g/mol. The highest BCUT2D eigenvalue weighted by Gasteiger charge is 2.48. The van der Waals surface area contributed by atoms with Crippen LogP contribution in [0.4, 0.5) is 33.5 Å². The van der Waals surface area contributed by atoms with Crippen LogP contribution in [0, 0.1) is 11.6 Å². The Hall–Kier alpha value is -3.56. The summed E-state index contributed by atoms with van der Waals surface area (Å²) in [5.41, 5.74) is 1.51. The Morgan fingerprint density at radius 1 is 1.11 bits per heavy atom. The molecule has 10 nitrogen and oxygen atoms in total. The van der Waals surface area contributed by atoms with Gasteiger partial charge in [0.15, 0.2) is 5.82 Å². The SMILES string of the molecule is C[C@@H]1Oc2nc(-c3cc(N)cc(F)c3C(F)(F)F)c(F)c3nc(OCC4CCC5N4CCOC5(C)C)nc(c23)N2C[C@H]3CC[C@H](N3)[C@@H]12. The predicted octanol–water partition coefficient (Wildman–Crippen LogP) is 4.68. The summed E-state index contributed by atoms with van der Waals surface area (Å²) in [5, 5.41) is 3.74. The van der Waals surface area contributed by atoms with Crippen LogP contribution < -0.4 is 25.4 Å². The first-order valence-corrected chi connectivity index (χ1v) is 16.1. The minimum absolute atomic E-state index is 0.0386. The summed E-state index contributed by atoms with van der Waals surface area (Å²) in [5.74, 6) is -2.61. The lowest BCUT2D eigenvalue weighted by molar-refractivity contribution is -0.139. The van der Waals surface area contributed by atoms with Gasteiger partial charge < -0.3 is 30.2 Å². The summed E-state index contributed by atoms with van der Waals surface area (Å²) in [6.07, 6.45) is -2.06. The van der Waals surface area contributed by atoms with Crippen LogP contribution in [0.2, 0.25) is 0 Å². The van der Waals surface area contributed by atoms with Crippen LogP contribution in [-0.4, -0.2) is 88.1 Å². The number of nitrogen functional groups attached to an aromatic ring is 1. The summed E-state index contributed by atoms with van der Waals surface area (Å²) in [6.45, 7) is 8.12. The molecule has 15 heteroatoms. The molecule has 2 bridgehead atoms. The van der Waals surface area contributed by atoms with Gasteiger partial charge in [-0.25, -0.2) is 13.8 Å². The molecule has 252 valence electrons. The van der Waals surface area contributed by atoms with Crippen LogP contribution in [-0.2, 0) is 10.9 Å². The topological polar surface area (TPSA) is 111 Å². The average Bonchev–Trinajstić information content (AvgIpc) is 3.56. The first kappa shape index (κ1) is 30.8. The number of rotatable bonds is 4. The highest BCUT2D eigenvalue weighted by molar-refractivity contribution is 5.97. The molecular formula is C32H36F5N7O3. The minimum atomic E-state index is -5.16. The normalized spacial score (nSPS) is 29.7. The van der Waals surface area contributed by atoms with Gasteiger partial charge in [0.05, 0.1) is 18.2 Å². The number of anilines is 2. The molecule has 0 saturated carbocycles. The Morgan fingerprint density at radius 3 is 2.70 bits per heavy atom. The summed E-state index contributed by atoms with van der Waals surface area (Å²) >= 11 is 0. The number of aromatic nitrogens is 3. The van der Waals surface area contributed by atoms with Crippen molar-refractivity contribution in [1.29, 1.82) is 0 Å². The third-order valence-electron chi connectivity index (χ3n) is 10.6. The number of ether oxygens (including phenoxy) is 3. The second kappa shape index (κ2) is 10.7. The van der Waals surface area contributed by atoms with Crippen molar-refractivity contribution in [2.75, 3.05) is 36.9 Å². The molecule has 7 heterocycles. The highest BCUT2D eigenvalue weighted by Crippen LogP contribution is 2.47. The number of nitrogens with one attached hydrogen (secondary N) is 1. The number of alkyl halides is 3. The van der Waals surface area contributed by atoms with Crippen LogP contribution in [0.1, 0.15) is 52.0 Å². The van der Waals surface area contributed by atoms with Crippen molar-refractivity contribution in [3.8, 4) is 23.1 Å². The zero-order chi connectivity index (χ0) is 33.0. The van der Waals surface area contributed by atoms with Gasteiger partial charge in [0, 0.05) is 48.5 Å². The van der Waals surface area contributed by atoms with Crippen molar-refractivity contribution < 1.29 is 36.2 Å². The van der Waals surface area contributed by atoms with E-state index < -0.39 is 40.7 Å². The summed E-state index contributed by atoms with van der Waals surface area (Å²) in [6, 6.07) is 1.54. The van der Waals surface area contributed by atoms with Gasteiger partial charge in [-0.2, -0.15) is 23.1 Å². The lowest BCUT2D eigenvalue weighted by Gasteiger charge is -2.44. The number of piperazine rings is 1. The van der Waals surface area contributed by atoms with Gasteiger partial charge in [0.2, 0.25) is 5.88 Å². The van der Waals surface area contributed by atoms with Gasteiger partial charge in [-0.05, 0) is 58.6 Å². The lowest BCUT2D eigenvalue weighted by atomic mass is 9.95. The van der Waals surface area contributed by atoms with E-state index in [1.165, 1.54) is 0 Å². The molecular weight excluding hydrogens is 625 g/mol. The van der Waals surface area contributed by atoms with E-state index in [2.05, 4.69) is 38.9 Å². The van der Waals surface area contributed by atoms with Gasteiger partial charge in [-0.1, -0.05) is 0 Å². The first-order valence-electron chi connectivity index (χ1n) is 16.1. The first-order chi connectivity index (χ1) is 22.3. The number of nitrogens with two attached hydrogens (primary N) is 1. The Kier molecular flexibility index (Phi) is 7.02. The Morgan fingerprint density at radius 2 is 1.91 bits per heavy atom. The van der Waals surface area contributed by atoms with Gasteiger partial charge in [-0.15, -0.1) is 0 Å². The zero-order valence-corrected chi connectivity index (χ0v) is 26.2. The van der Waals surface area contributed by atoms with Gasteiger partial charge >= 0.3 is 12.2 Å². The average molecular weight is 662 g/mol. The third kappa shape index (κ3) is 4.95. The molecule has 3 N–H and O–H groups in total. The van der Waals surface area contributed by atoms with E-state index >= 15 is 4.39 Å². The van der Waals surface area contributed by atoms with E-state index in [4.69, 9.17) is 24.9 Å². The molecule has 4 fully saturated rings. The number of morpholine rings is 1. The standard InChI is InChI=1S/C32H36F5N7O3/c1-14-27-20-6-4-16(39-20)12-44(27)28-22-26(41-30(42-28)45-13-17-5-7-21-31(2,3)46-9-8-43(17)21)24(34)25(40-29(22)47-14)18-10-15(38)11-19(33)23(18)32(35,36)37/h10-11,14,16-17,20-21,27,39H,4-9,12-13,38H2,1-3H3/t14-,16+,17?,20-,21?,27+/m0/s1. The number of nitrogens with zero attached hydrogens (tertiary/aromatic N) is 5. The fourth-order valence-corrected chi connectivity index (χ4v) is 8.52. The summed E-state index contributed by atoms with van der Waals surface area (Å²) < 4.78 is 92.6. The molecule has 8 rings (SSSR count). The van der Waals surface area contributed by atoms with E-state index in [-0.39, 0.29) is 70.9 Å². The summed E-state index contributed by atoms with van der Waals surface area (Å²) in [4.78, 5) is 17.9. The highest BCUT2D eigenvalue weighted by atomic mass is 19.4. The van der Waals surface area contributed by atoms with Crippen molar-refractivity contribution >= 4 is 22.4 Å². The molecule has 0 amide bonds. The van der Waals surface area contributed by atoms with Crippen LogP contribution in [0.5, 0.6) is 11.9 Å². The maximum absolute atomic E-state index is 16.7. The molecule has 2 aromatic heterocycles. The molecule has 5 aliphatic heterocycles. The minimum Gasteiger partial charge on any atom is -0.472 e. The lowest BCUT2D eigenvalue weighted by Crippen LogP contribution is -2.62. The molecule has 5 aliphatic rings. The van der Waals surface area contributed by atoms with E-state index in [1.54, 1.807) is 0 Å². The Bertz CT molecular complexity index is 1760. The number of hydrogen-bond acceptors (Lipinski definition) is 10. The molecule has 0 spiro atoms. The van der Waals surface area contributed by atoms with E-state index in [0.29, 0.717) is 25.0 Å². The zero-order valence-electron chi connectivity index (χ0n) is 26.2. The van der Waals surface area contributed by atoms with E-state index in [9.17, 15) is 17.6 Å². The molecule has 3 aromatic rings. The largest absolute Gasteiger partial charge is 0.472 e. The quantitative estimate of drug-likeness (QED) is 0.302. The molecule has 2 unspecified atom stereocenters. The number of hydrogen-bond donors (Lipinski definition) is 2. The Labute approximate surface area is 267 Å². The summed E-state index contributed by atoms with van der Waals surface area (Å²) in [7, 11) is 0. The number of benzene rings is 1. The number of fused-ring (bicyclic) bond motifs is 6. The Balaban J connectivity index is 1.27. The van der Waals surface area contributed by atoms with Crippen molar-refractivity contribution in [3.63, 3.8) is 0 Å². The maximum atomic E-state index is 16.7. The molecule has 6 atom stereocenters. The van der Waals surface area contributed by atoms with Gasteiger partial charge in [0.1, 0.15) is 46.5 Å². The molecule has 4 saturated heterocycles. The fourth-order valence-electron chi connectivity index (χ4n) is 8.52. The van der Waals surface area contributed by atoms with Crippen molar-refractivity contribution in [3.05, 3.63) is 29.3 Å². The fraction of sp³-hybridized carbons (Fsp3) is 0.594. The maximum Gasteiger partial charge on any atom is 0.419 e. The van der Waals surface area contributed by atoms with Crippen LogP contribution in [0.25, 0.3) is 22.2 Å². The predicted molar refractivity (Wildman–Crippen MR) is 162 cm³/mol. The van der Waals surface area contributed by atoms with E-state index in [1.807, 2.05) is 6.92 Å². The van der Waals surface area contributed by atoms with Gasteiger partial charge in [0.25, 0.3) is 0 Å². The molecule has 47 heavy (non-hydrogen) atoms. The second-order valence-electron chi connectivity index (χ2n) is 13.8. The van der Waals surface area contributed by atoms with E-state index in [0.717, 1.165) is 38.3 Å². The molecule has 0 aliphatic carbocycles. The number of halogens is 5. The molecule has 0 radical (unpaired) electrons. The van der Waals surface area contributed by atoms with Gasteiger partial charge in [-0.3, -0.25) is 4.90 Å². The smallest absolute Gasteiger partial charge is 0.419 e. The van der Waals surface area contributed by atoms with Crippen LogP contribution in [0.15, 0.2) is 12.1 Å². The third-order valence-corrected chi connectivity index (χ3v) is 10.6. The van der Waals surface area contributed by atoms with Crippen LogP contribution >= 0.6 is 0 Å². The van der Waals surface area contributed by atoms with Crippen LogP contribution in [0.3, 0.4) is 0 Å². The number of pyridine rings is 1. The second-order valence-corrected chi connectivity index (χ2v) is 13.8. The molecule has 1 aromatic carbocycles. The van der Waals surface area contributed by atoms with Crippen molar-refractivity contribution in [1.82, 2.24) is 25.2 Å². The van der Waals surface area contributed by atoms with Crippen molar-refractivity contribution in [2.24, 2.45) is 0 Å².